The van der Waals surface area contributed by atoms with Crippen LogP contribution in [0.3, 0.4) is 0 Å². The molecule has 0 N–H and O–H groups in total. The predicted octanol–water partition coefficient (Wildman–Crippen LogP) is 4.73. The molecular formula is C15H24. The average Bonchev–Trinajstić information content (AvgIpc) is 2.82. The Hall–Kier alpha value is -0.520. The highest BCUT2D eigenvalue weighted by Gasteiger charge is 2.60. The fourth-order valence-electron chi connectivity index (χ4n) is 3.42. The van der Waals surface area contributed by atoms with Crippen LogP contribution in [0.4, 0.5) is 0 Å². The standard InChI is InChI=1S/C15H24/c1-11(2)6-5-7-13(4)15-9-8-12(3)14(15)10-15/h6,13-14H,3,5,7-10H2,1-2,4H3/t13-,14+,15+/m1/s1. The summed E-state index contributed by atoms with van der Waals surface area (Å²) in [5.74, 6) is 1.80. The van der Waals surface area contributed by atoms with Crippen LogP contribution in [0, 0.1) is 17.3 Å². The Kier molecular flexibility index (Phi) is 2.79. The van der Waals surface area contributed by atoms with Crippen LogP contribution >= 0.6 is 0 Å². The molecule has 0 saturated heterocycles. The molecule has 2 fully saturated rings. The quantitative estimate of drug-likeness (QED) is 0.581. The van der Waals surface area contributed by atoms with Crippen LogP contribution in [0.15, 0.2) is 23.8 Å². The predicted molar refractivity (Wildman–Crippen MR) is 66.7 cm³/mol. The first-order valence-electron chi connectivity index (χ1n) is 6.37. The Morgan fingerprint density at radius 1 is 1.60 bits per heavy atom. The van der Waals surface area contributed by atoms with Crippen molar-refractivity contribution in [3.05, 3.63) is 23.8 Å². The minimum atomic E-state index is 0.701. The zero-order valence-electron chi connectivity index (χ0n) is 10.5. The van der Waals surface area contributed by atoms with Gasteiger partial charge in [0.15, 0.2) is 0 Å². The number of allylic oxidation sites excluding steroid dienone is 3. The van der Waals surface area contributed by atoms with Crippen LogP contribution in [-0.2, 0) is 0 Å². The molecule has 0 amide bonds. The van der Waals surface area contributed by atoms with Crippen LogP contribution in [-0.4, -0.2) is 0 Å². The summed E-state index contributed by atoms with van der Waals surface area (Å²) in [6, 6.07) is 0. The van der Waals surface area contributed by atoms with Crippen LogP contribution in [0.2, 0.25) is 0 Å². The van der Waals surface area contributed by atoms with Crippen LogP contribution < -0.4 is 0 Å². The Balaban J connectivity index is 1.85. The van der Waals surface area contributed by atoms with Gasteiger partial charge in [-0.2, -0.15) is 0 Å². The van der Waals surface area contributed by atoms with E-state index < -0.39 is 0 Å². The van der Waals surface area contributed by atoms with Crippen LogP contribution in [0.1, 0.15) is 52.9 Å². The maximum atomic E-state index is 4.20. The van der Waals surface area contributed by atoms with Crippen molar-refractivity contribution < 1.29 is 0 Å². The zero-order chi connectivity index (χ0) is 11.1. The number of hydrogen-bond acceptors (Lipinski definition) is 0. The molecule has 0 aromatic heterocycles. The van der Waals surface area contributed by atoms with Gasteiger partial charge in [-0.1, -0.05) is 30.7 Å². The van der Waals surface area contributed by atoms with Crippen molar-refractivity contribution in [3.63, 3.8) is 0 Å². The third kappa shape index (κ3) is 1.91. The summed E-state index contributed by atoms with van der Waals surface area (Å²) in [6.45, 7) is 11.0. The smallest absolute Gasteiger partial charge is 0.0141 e. The van der Waals surface area contributed by atoms with Crippen molar-refractivity contribution in [1.82, 2.24) is 0 Å². The van der Waals surface area contributed by atoms with E-state index in [1.165, 1.54) is 37.7 Å². The summed E-state index contributed by atoms with van der Waals surface area (Å²) in [6.07, 6.45) is 9.19. The Morgan fingerprint density at radius 3 is 2.80 bits per heavy atom. The van der Waals surface area contributed by atoms with Gasteiger partial charge in [-0.25, -0.2) is 0 Å². The highest BCUT2D eigenvalue weighted by Crippen LogP contribution is 2.69. The van der Waals surface area contributed by atoms with E-state index in [2.05, 4.69) is 33.4 Å². The van der Waals surface area contributed by atoms with E-state index >= 15 is 0 Å². The molecular weight excluding hydrogens is 180 g/mol. The first-order valence-corrected chi connectivity index (χ1v) is 6.37. The average molecular weight is 204 g/mol. The van der Waals surface area contributed by atoms with Crippen molar-refractivity contribution in [2.75, 3.05) is 0 Å². The molecule has 2 aliphatic rings. The molecule has 2 aliphatic carbocycles. The molecule has 0 aliphatic heterocycles. The van der Waals surface area contributed by atoms with Crippen molar-refractivity contribution in [2.24, 2.45) is 17.3 Å². The second kappa shape index (κ2) is 3.81. The molecule has 0 bridgehead atoms. The van der Waals surface area contributed by atoms with Gasteiger partial charge in [0, 0.05) is 0 Å². The molecule has 0 spiro atoms. The molecule has 2 saturated carbocycles. The van der Waals surface area contributed by atoms with Crippen LogP contribution in [0.25, 0.3) is 0 Å². The summed E-state index contributed by atoms with van der Waals surface area (Å²) in [7, 11) is 0. The lowest BCUT2D eigenvalue weighted by atomic mass is 9.85. The summed E-state index contributed by atoms with van der Waals surface area (Å²) < 4.78 is 0. The molecule has 3 atom stereocenters. The van der Waals surface area contributed by atoms with Gasteiger partial charge >= 0.3 is 0 Å². The fraction of sp³-hybridized carbons (Fsp3) is 0.733. The lowest BCUT2D eigenvalue weighted by Gasteiger charge is -2.20. The molecule has 0 unspecified atom stereocenters. The third-order valence-electron chi connectivity index (χ3n) is 4.66. The largest absolute Gasteiger partial charge is 0.0996 e. The van der Waals surface area contributed by atoms with Gasteiger partial charge in [-0.05, 0) is 63.2 Å². The van der Waals surface area contributed by atoms with E-state index in [-0.39, 0.29) is 0 Å². The van der Waals surface area contributed by atoms with Gasteiger partial charge in [0.05, 0.1) is 0 Å². The van der Waals surface area contributed by atoms with Gasteiger partial charge in [0.25, 0.3) is 0 Å². The molecule has 0 aromatic rings. The number of fused-ring (bicyclic) bond motifs is 1. The van der Waals surface area contributed by atoms with E-state index in [1.54, 1.807) is 5.57 Å². The second-order valence-corrected chi connectivity index (χ2v) is 5.91. The molecule has 0 heterocycles. The zero-order valence-corrected chi connectivity index (χ0v) is 10.5. The maximum absolute atomic E-state index is 4.20. The molecule has 2 rings (SSSR count). The van der Waals surface area contributed by atoms with Crippen molar-refractivity contribution in [1.29, 1.82) is 0 Å². The lowest BCUT2D eigenvalue weighted by Crippen LogP contribution is -2.11. The van der Waals surface area contributed by atoms with E-state index in [0.717, 1.165) is 11.8 Å². The monoisotopic (exact) mass is 204 g/mol. The van der Waals surface area contributed by atoms with Gasteiger partial charge in [0.2, 0.25) is 0 Å². The summed E-state index contributed by atoms with van der Waals surface area (Å²) in [5, 5.41) is 0. The molecule has 84 valence electrons. The van der Waals surface area contributed by atoms with Crippen molar-refractivity contribution >= 4 is 0 Å². The van der Waals surface area contributed by atoms with E-state index in [4.69, 9.17) is 0 Å². The minimum absolute atomic E-state index is 0.701. The topological polar surface area (TPSA) is 0 Å². The Bertz CT molecular complexity index is 293. The maximum Gasteiger partial charge on any atom is -0.0141 e. The first-order chi connectivity index (χ1) is 7.06. The lowest BCUT2D eigenvalue weighted by molar-refractivity contribution is 0.302. The molecule has 0 heteroatoms. The Morgan fingerprint density at radius 2 is 2.33 bits per heavy atom. The molecule has 0 nitrogen and oxygen atoms in total. The highest BCUT2D eigenvalue weighted by molar-refractivity contribution is 5.26. The second-order valence-electron chi connectivity index (χ2n) is 5.91. The van der Waals surface area contributed by atoms with E-state index in [1.807, 2.05) is 0 Å². The third-order valence-corrected chi connectivity index (χ3v) is 4.66. The first kappa shape index (κ1) is 11.0. The summed E-state index contributed by atoms with van der Waals surface area (Å²) >= 11 is 0. The van der Waals surface area contributed by atoms with Gasteiger partial charge < -0.3 is 0 Å². The molecule has 0 radical (unpaired) electrons. The highest BCUT2D eigenvalue weighted by atomic mass is 14.6. The summed E-state index contributed by atoms with van der Waals surface area (Å²) in [4.78, 5) is 0. The van der Waals surface area contributed by atoms with Gasteiger partial charge in [-0.3, -0.25) is 0 Å². The normalized spacial score (nSPS) is 34.9. The van der Waals surface area contributed by atoms with Gasteiger partial charge in [-0.15, -0.1) is 0 Å². The summed E-state index contributed by atoms with van der Waals surface area (Å²) in [5.41, 5.74) is 3.71. The van der Waals surface area contributed by atoms with Gasteiger partial charge in [0.1, 0.15) is 0 Å². The SMILES string of the molecule is C=C1CC[C@@]2([C@H](C)CCC=C(C)C)C[C@@H]12. The fourth-order valence-corrected chi connectivity index (χ4v) is 3.42. The number of rotatable bonds is 4. The molecule has 0 aromatic carbocycles. The van der Waals surface area contributed by atoms with Crippen molar-refractivity contribution in [2.45, 2.75) is 52.9 Å². The van der Waals surface area contributed by atoms with E-state index in [0.29, 0.717) is 5.41 Å². The molecule has 15 heavy (non-hydrogen) atoms. The minimum Gasteiger partial charge on any atom is -0.0996 e. The van der Waals surface area contributed by atoms with E-state index in [9.17, 15) is 0 Å². The van der Waals surface area contributed by atoms with Crippen molar-refractivity contribution in [3.8, 4) is 0 Å². The van der Waals surface area contributed by atoms with Crippen LogP contribution in [0.5, 0.6) is 0 Å². The Labute approximate surface area is 94.5 Å². The number of hydrogen-bond donors (Lipinski definition) is 0.